The van der Waals surface area contributed by atoms with Crippen molar-refractivity contribution in [3.05, 3.63) is 11.4 Å². The van der Waals surface area contributed by atoms with E-state index in [0.29, 0.717) is 23.7 Å². The van der Waals surface area contributed by atoms with Crippen LogP contribution in [0, 0.1) is 12.8 Å². The van der Waals surface area contributed by atoms with Gasteiger partial charge in [-0.25, -0.2) is 9.97 Å². The Morgan fingerprint density at radius 2 is 1.90 bits per heavy atom. The van der Waals surface area contributed by atoms with Crippen LogP contribution < -0.4 is 11.1 Å². The van der Waals surface area contributed by atoms with Crippen molar-refractivity contribution in [1.82, 2.24) is 9.97 Å². The van der Waals surface area contributed by atoms with E-state index in [0.717, 1.165) is 43.3 Å². The topological polar surface area (TPSA) is 73.1 Å². The van der Waals surface area contributed by atoms with Crippen molar-refractivity contribution in [1.29, 1.82) is 0 Å². The van der Waals surface area contributed by atoms with Gasteiger partial charge in [-0.2, -0.15) is 0 Å². The predicted octanol–water partition coefficient (Wildman–Crippen LogP) is 2.47. The average molecular weight is 276 g/mol. The number of rotatable bonds is 4. The van der Waals surface area contributed by atoms with Gasteiger partial charge in [0.05, 0.1) is 0 Å². The molecule has 0 amide bonds. The standard InChI is InChI=1S/C15H24N4O/c1-9-13(16)18-15(12-3-4-12)19-14(9)17-10(2)11-5-7-20-8-6-11/h10-12H,3-8H2,1-2H3,(H3,16,17,18,19). The third-order valence-corrected chi connectivity index (χ3v) is 4.48. The minimum Gasteiger partial charge on any atom is -0.383 e. The van der Waals surface area contributed by atoms with Gasteiger partial charge in [-0.05, 0) is 45.4 Å². The van der Waals surface area contributed by atoms with Gasteiger partial charge in [0.15, 0.2) is 0 Å². The highest BCUT2D eigenvalue weighted by atomic mass is 16.5. The molecule has 1 aliphatic carbocycles. The Hall–Kier alpha value is -1.36. The second-order valence-electron chi connectivity index (χ2n) is 6.10. The van der Waals surface area contributed by atoms with E-state index in [4.69, 9.17) is 15.5 Å². The third-order valence-electron chi connectivity index (χ3n) is 4.48. The maximum atomic E-state index is 6.03. The van der Waals surface area contributed by atoms with Crippen molar-refractivity contribution in [2.45, 2.75) is 51.5 Å². The zero-order valence-electron chi connectivity index (χ0n) is 12.4. The fourth-order valence-electron chi connectivity index (χ4n) is 2.77. The Morgan fingerprint density at radius 3 is 2.55 bits per heavy atom. The molecule has 5 heteroatoms. The Morgan fingerprint density at radius 1 is 1.20 bits per heavy atom. The summed E-state index contributed by atoms with van der Waals surface area (Å²) in [5, 5.41) is 3.56. The lowest BCUT2D eigenvalue weighted by atomic mass is 9.93. The summed E-state index contributed by atoms with van der Waals surface area (Å²) in [5.74, 6) is 3.61. The molecule has 0 bridgehead atoms. The number of nitrogens with zero attached hydrogens (tertiary/aromatic N) is 2. The summed E-state index contributed by atoms with van der Waals surface area (Å²) >= 11 is 0. The minimum atomic E-state index is 0.388. The zero-order chi connectivity index (χ0) is 14.1. The summed E-state index contributed by atoms with van der Waals surface area (Å²) in [5.41, 5.74) is 7.00. The van der Waals surface area contributed by atoms with E-state index in [1.54, 1.807) is 0 Å². The first kappa shape index (κ1) is 13.6. The first-order valence-electron chi connectivity index (χ1n) is 7.63. The molecular weight excluding hydrogens is 252 g/mol. The van der Waals surface area contributed by atoms with E-state index in [1.165, 1.54) is 12.8 Å². The third kappa shape index (κ3) is 2.87. The molecule has 0 aromatic carbocycles. The highest BCUT2D eigenvalue weighted by molar-refractivity contribution is 5.55. The lowest BCUT2D eigenvalue weighted by Gasteiger charge is -2.29. The largest absolute Gasteiger partial charge is 0.383 e. The SMILES string of the molecule is Cc1c(N)nc(C2CC2)nc1NC(C)C1CCOCC1. The van der Waals surface area contributed by atoms with Gasteiger partial charge in [-0.1, -0.05) is 0 Å². The van der Waals surface area contributed by atoms with Crippen molar-refractivity contribution in [2.24, 2.45) is 5.92 Å². The maximum Gasteiger partial charge on any atom is 0.136 e. The molecule has 1 unspecified atom stereocenters. The normalized spacial score (nSPS) is 21.7. The molecular formula is C15H24N4O. The van der Waals surface area contributed by atoms with Crippen LogP contribution in [0.15, 0.2) is 0 Å². The molecule has 1 aliphatic heterocycles. The number of aromatic nitrogens is 2. The van der Waals surface area contributed by atoms with Gasteiger partial charge >= 0.3 is 0 Å². The van der Waals surface area contributed by atoms with Crippen molar-refractivity contribution in [2.75, 3.05) is 24.3 Å². The van der Waals surface area contributed by atoms with Crippen LogP contribution in [0.4, 0.5) is 11.6 Å². The molecule has 1 atom stereocenters. The first-order valence-corrected chi connectivity index (χ1v) is 7.63. The first-order chi connectivity index (χ1) is 9.65. The van der Waals surface area contributed by atoms with Gasteiger partial charge in [0.25, 0.3) is 0 Å². The second-order valence-corrected chi connectivity index (χ2v) is 6.10. The molecule has 3 N–H and O–H groups in total. The number of anilines is 2. The molecule has 1 aromatic rings. The van der Waals surface area contributed by atoms with E-state index in [1.807, 2.05) is 6.92 Å². The molecule has 0 radical (unpaired) electrons. The fourth-order valence-corrected chi connectivity index (χ4v) is 2.77. The number of hydrogen-bond acceptors (Lipinski definition) is 5. The molecule has 2 aliphatic rings. The molecule has 1 saturated carbocycles. The molecule has 2 fully saturated rings. The summed E-state index contributed by atoms with van der Waals surface area (Å²) < 4.78 is 5.43. The van der Waals surface area contributed by atoms with Crippen LogP contribution in [0.1, 0.15) is 49.9 Å². The summed E-state index contributed by atoms with van der Waals surface area (Å²) in [6, 6.07) is 0.388. The van der Waals surface area contributed by atoms with Crippen molar-refractivity contribution < 1.29 is 4.74 Å². The number of nitrogens with two attached hydrogens (primary N) is 1. The smallest absolute Gasteiger partial charge is 0.136 e. The average Bonchev–Trinajstić information content (AvgIpc) is 3.29. The number of hydrogen-bond donors (Lipinski definition) is 2. The van der Waals surface area contributed by atoms with E-state index >= 15 is 0 Å². The van der Waals surface area contributed by atoms with Crippen LogP contribution >= 0.6 is 0 Å². The van der Waals surface area contributed by atoms with E-state index in [-0.39, 0.29) is 0 Å². The predicted molar refractivity (Wildman–Crippen MR) is 79.8 cm³/mol. The Balaban J connectivity index is 1.75. The van der Waals surface area contributed by atoms with Crippen LogP contribution in [0.25, 0.3) is 0 Å². The van der Waals surface area contributed by atoms with Gasteiger partial charge in [-0.15, -0.1) is 0 Å². The number of ether oxygens (including phenoxy) is 1. The quantitative estimate of drug-likeness (QED) is 0.883. The molecule has 20 heavy (non-hydrogen) atoms. The highest BCUT2D eigenvalue weighted by Crippen LogP contribution is 2.39. The zero-order valence-corrected chi connectivity index (χ0v) is 12.4. The van der Waals surface area contributed by atoms with Gasteiger partial charge in [0.2, 0.25) is 0 Å². The summed E-state index contributed by atoms with van der Waals surface area (Å²) in [6.07, 6.45) is 4.61. The van der Waals surface area contributed by atoms with Crippen molar-refractivity contribution in [3.63, 3.8) is 0 Å². The Bertz CT molecular complexity index is 481. The fraction of sp³-hybridized carbons (Fsp3) is 0.733. The van der Waals surface area contributed by atoms with E-state index < -0.39 is 0 Å². The molecule has 1 aromatic heterocycles. The van der Waals surface area contributed by atoms with Crippen LogP contribution in [0.5, 0.6) is 0 Å². The maximum absolute atomic E-state index is 6.03. The lowest BCUT2D eigenvalue weighted by Crippen LogP contribution is -2.31. The summed E-state index contributed by atoms with van der Waals surface area (Å²) in [4.78, 5) is 9.12. The van der Waals surface area contributed by atoms with Crippen molar-refractivity contribution in [3.8, 4) is 0 Å². The van der Waals surface area contributed by atoms with Crippen molar-refractivity contribution >= 4 is 11.6 Å². The molecule has 1 saturated heterocycles. The van der Waals surface area contributed by atoms with E-state index in [9.17, 15) is 0 Å². The molecule has 110 valence electrons. The van der Waals surface area contributed by atoms with Crippen LogP contribution in [0.2, 0.25) is 0 Å². The minimum absolute atomic E-state index is 0.388. The van der Waals surface area contributed by atoms with Crippen LogP contribution in [0.3, 0.4) is 0 Å². The summed E-state index contributed by atoms with van der Waals surface area (Å²) in [7, 11) is 0. The molecule has 3 rings (SSSR count). The summed E-state index contributed by atoms with van der Waals surface area (Å²) in [6.45, 7) is 5.96. The van der Waals surface area contributed by atoms with Gasteiger partial charge in [-0.3, -0.25) is 0 Å². The van der Waals surface area contributed by atoms with Gasteiger partial charge < -0.3 is 15.8 Å². The number of nitrogens with one attached hydrogen (secondary N) is 1. The van der Waals surface area contributed by atoms with Gasteiger partial charge in [0, 0.05) is 30.7 Å². The molecule has 5 nitrogen and oxygen atoms in total. The van der Waals surface area contributed by atoms with Crippen LogP contribution in [-0.2, 0) is 4.74 Å². The van der Waals surface area contributed by atoms with E-state index in [2.05, 4.69) is 17.2 Å². The Labute approximate surface area is 120 Å². The molecule has 2 heterocycles. The van der Waals surface area contributed by atoms with Crippen LogP contribution in [-0.4, -0.2) is 29.2 Å². The number of nitrogen functional groups attached to an aromatic ring is 1. The van der Waals surface area contributed by atoms with Gasteiger partial charge in [0.1, 0.15) is 17.5 Å². The monoisotopic (exact) mass is 276 g/mol. The second kappa shape index (κ2) is 5.56. The highest BCUT2D eigenvalue weighted by Gasteiger charge is 2.28. The lowest BCUT2D eigenvalue weighted by molar-refractivity contribution is 0.0622. The molecule has 0 spiro atoms. The Kier molecular flexibility index (Phi) is 3.78.